The number of carbonyl (C=O) groups is 1. The molecule has 1 aromatic carbocycles. The number of aromatic nitrogens is 3. The molecule has 0 aliphatic heterocycles. The van der Waals surface area contributed by atoms with Crippen molar-refractivity contribution < 1.29 is 24.1 Å². The highest BCUT2D eigenvalue weighted by Crippen LogP contribution is 2.36. The molecule has 0 unspecified atom stereocenters. The number of aliphatic hydroxyl groups excluding tert-OH is 1. The molecule has 1 fully saturated rings. The lowest BCUT2D eigenvalue weighted by atomic mass is 9.79. The summed E-state index contributed by atoms with van der Waals surface area (Å²) in [5.74, 6) is -0.149. The van der Waals surface area contributed by atoms with Crippen LogP contribution in [0.4, 0.5) is 4.39 Å². The van der Waals surface area contributed by atoms with Gasteiger partial charge in [-0.25, -0.2) is 4.39 Å². The van der Waals surface area contributed by atoms with Crippen LogP contribution in [0.2, 0.25) is 0 Å². The van der Waals surface area contributed by atoms with Gasteiger partial charge < -0.3 is 24.8 Å². The van der Waals surface area contributed by atoms with Gasteiger partial charge in [-0.15, -0.1) is 10.2 Å². The van der Waals surface area contributed by atoms with Crippen molar-refractivity contribution in [3.63, 3.8) is 0 Å². The second-order valence-electron chi connectivity index (χ2n) is 6.28. The lowest BCUT2D eigenvalue weighted by Gasteiger charge is -2.35. The molecular formula is C17H21FN4O4. The number of methoxy groups -OCH3 is 1. The van der Waals surface area contributed by atoms with Crippen LogP contribution < -0.4 is 5.32 Å². The molecule has 0 atom stereocenters. The Labute approximate surface area is 149 Å². The second kappa shape index (κ2) is 7.79. The molecule has 8 nitrogen and oxygen atoms in total. The van der Waals surface area contributed by atoms with Gasteiger partial charge in [0.15, 0.2) is 5.82 Å². The molecule has 3 N–H and O–H groups in total. The molecule has 140 valence electrons. The molecule has 0 bridgehead atoms. The molecule has 1 saturated carbocycles. The average Bonchev–Trinajstić information content (AvgIpc) is 2.97. The number of carbonyl (C=O) groups excluding carboxylic acids is 1. The summed E-state index contributed by atoms with van der Waals surface area (Å²) in [7, 11) is 1.60. The van der Waals surface area contributed by atoms with Crippen LogP contribution in [-0.2, 0) is 17.9 Å². The monoisotopic (exact) mass is 364 g/mol. The first-order chi connectivity index (χ1) is 12.5. The number of nitrogens with one attached hydrogen (secondary N) is 1. The van der Waals surface area contributed by atoms with E-state index < -0.39 is 11.7 Å². The number of aliphatic hydroxyl groups is 1. The number of halogens is 1. The average molecular weight is 364 g/mol. The van der Waals surface area contributed by atoms with Gasteiger partial charge in [-0.05, 0) is 25.0 Å². The Morgan fingerprint density at radius 1 is 1.42 bits per heavy atom. The number of ether oxygens (including phenoxy) is 1. The summed E-state index contributed by atoms with van der Waals surface area (Å²) in [5, 5.41) is 29.5. The van der Waals surface area contributed by atoms with E-state index in [1.54, 1.807) is 7.11 Å². The van der Waals surface area contributed by atoms with E-state index in [0.29, 0.717) is 31.8 Å². The summed E-state index contributed by atoms with van der Waals surface area (Å²) >= 11 is 0. The number of amides is 1. The number of phenols is 1. The number of aromatic hydroxyl groups is 1. The lowest BCUT2D eigenvalue weighted by molar-refractivity contribution is 0.0902. The first kappa shape index (κ1) is 18.3. The first-order valence-electron chi connectivity index (χ1n) is 8.34. The Hall–Kier alpha value is -2.52. The topological polar surface area (TPSA) is 110 Å². The van der Waals surface area contributed by atoms with Gasteiger partial charge in [0.2, 0.25) is 0 Å². The van der Waals surface area contributed by atoms with Crippen molar-refractivity contribution >= 4 is 5.91 Å². The quantitative estimate of drug-likeness (QED) is 0.675. The number of phenolic OH excluding ortho intramolecular Hbond substituents is 1. The van der Waals surface area contributed by atoms with Crippen molar-refractivity contribution in [1.29, 1.82) is 0 Å². The fourth-order valence-corrected chi connectivity index (χ4v) is 3.09. The third-order valence-corrected chi connectivity index (χ3v) is 4.55. The van der Waals surface area contributed by atoms with Crippen LogP contribution in [0.1, 0.15) is 40.8 Å². The fraction of sp³-hybridized carbons (Fsp3) is 0.471. The van der Waals surface area contributed by atoms with Crippen LogP contribution in [0.3, 0.4) is 0 Å². The largest absolute Gasteiger partial charge is 0.508 e. The van der Waals surface area contributed by atoms with Crippen LogP contribution in [-0.4, -0.2) is 50.6 Å². The molecule has 0 saturated heterocycles. The van der Waals surface area contributed by atoms with Crippen molar-refractivity contribution in [2.75, 3.05) is 13.7 Å². The van der Waals surface area contributed by atoms with Crippen LogP contribution in [0, 0.1) is 5.82 Å². The van der Waals surface area contributed by atoms with E-state index >= 15 is 0 Å². The van der Waals surface area contributed by atoms with Gasteiger partial charge in [0.1, 0.15) is 24.0 Å². The van der Waals surface area contributed by atoms with Crippen molar-refractivity contribution in [2.45, 2.75) is 38.0 Å². The summed E-state index contributed by atoms with van der Waals surface area (Å²) in [4.78, 5) is 12.2. The molecule has 2 aromatic rings. The predicted octanol–water partition coefficient (Wildman–Crippen LogP) is 0.937. The molecule has 9 heteroatoms. The van der Waals surface area contributed by atoms with Gasteiger partial charge in [0, 0.05) is 31.7 Å². The number of rotatable bonds is 7. The second-order valence-corrected chi connectivity index (χ2v) is 6.28. The van der Waals surface area contributed by atoms with E-state index in [2.05, 4.69) is 15.5 Å². The lowest BCUT2D eigenvalue weighted by Crippen LogP contribution is -2.44. The van der Waals surface area contributed by atoms with Crippen LogP contribution >= 0.6 is 0 Å². The fourth-order valence-electron chi connectivity index (χ4n) is 3.09. The van der Waals surface area contributed by atoms with Crippen LogP contribution in [0.5, 0.6) is 5.75 Å². The highest BCUT2D eigenvalue weighted by atomic mass is 19.1. The van der Waals surface area contributed by atoms with Crippen molar-refractivity contribution in [2.24, 2.45) is 0 Å². The van der Waals surface area contributed by atoms with Gasteiger partial charge in [-0.1, -0.05) is 0 Å². The van der Waals surface area contributed by atoms with Gasteiger partial charge in [0.05, 0.1) is 12.2 Å². The minimum Gasteiger partial charge on any atom is -0.508 e. The van der Waals surface area contributed by atoms with Crippen molar-refractivity contribution in [1.82, 2.24) is 20.1 Å². The first-order valence-corrected chi connectivity index (χ1v) is 8.34. The Morgan fingerprint density at radius 2 is 2.19 bits per heavy atom. The Kier molecular flexibility index (Phi) is 5.48. The van der Waals surface area contributed by atoms with E-state index in [0.717, 1.165) is 11.9 Å². The molecule has 26 heavy (non-hydrogen) atoms. The summed E-state index contributed by atoms with van der Waals surface area (Å²) in [5.41, 5.74) is -0.0999. The number of hydrogen-bond acceptors (Lipinski definition) is 6. The summed E-state index contributed by atoms with van der Waals surface area (Å²) in [6.07, 6.45) is 1.31. The SMILES string of the molecule is COCCn1c(CO)nnc1C1CC(NC(=O)c2ccc(O)cc2F)C1. The molecule has 3 rings (SSSR count). The van der Waals surface area contributed by atoms with Crippen LogP contribution in [0.25, 0.3) is 0 Å². The zero-order chi connectivity index (χ0) is 18.7. The molecule has 0 radical (unpaired) electrons. The van der Waals surface area contributed by atoms with Gasteiger partial charge >= 0.3 is 0 Å². The van der Waals surface area contributed by atoms with E-state index in [1.807, 2.05) is 4.57 Å². The third kappa shape index (κ3) is 3.68. The standard InChI is InChI=1S/C17H21FN4O4/c1-26-5-4-22-15(9-23)20-21-16(22)10-6-11(7-10)19-17(25)13-3-2-12(24)8-14(13)18/h2-3,8,10-11,23-24H,4-7,9H2,1H3,(H,19,25). The zero-order valence-corrected chi connectivity index (χ0v) is 14.4. The van der Waals surface area contributed by atoms with E-state index in [1.165, 1.54) is 12.1 Å². The van der Waals surface area contributed by atoms with Gasteiger partial charge in [-0.3, -0.25) is 4.79 Å². The molecule has 1 amide bonds. The Bertz CT molecular complexity index is 789. The maximum atomic E-state index is 13.7. The van der Waals surface area contributed by atoms with E-state index in [4.69, 9.17) is 4.74 Å². The van der Waals surface area contributed by atoms with Crippen LogP contribution in [0.15, 0.2) is 18.2 Å². The smallest absolute Gasteiger partial charge is 0.254 e. The minimum atomic E-state index is -0.759. The maximum Gasteiger partial charge on any atom is 0.254 e. The van der Waals surface area contributed by atoms with Crippen molar-refractivity contribution in [3.05, 3.63) is 41.2 Å². The molecule has 1 aliphatic rings. The molecule has 0 spiro atoms. The molecular weight excluding hydrogens is 343 g/mol. The normalized spacial score (nSPS) is 19.2. The summed E-state index contributed by atoms with van der Waals surface area (Å²) in [6.45, 7) is 0.815. The predicted molar refractivity (Wildman–Crippen MR) is 89.1 cm³/mol. The zero-order valence-electron chi connectivity index (χ0n) is 14.4. The molecule has 1 aromatic heterocycles. The highest BCUT2D eigenvalue weighted by molar-refractivity contribution is 5.94. The molecule has 1 heterocycles. The van der Waals surface area contributed by atoms with Gasteiger partial charge in [0.25, 0.3) is 5.91 Å². The number of nitrogens with zero attached hydrogens (tertiary/aromatic N) is 3. The molecule has 1 aliphatic carbocycles. The summed E-state index contributed by atoms with van der Waals surface area (Å²) < 4.78 is 20.7. The van der Waals surface area contributed by atoms with Gasteiger partial charge in [-0.2, -0.15) is 0 Å². The minimum absolute atomic E-state index is 0.0918. The Morgan fingerprint density at radius 3 is 2.85 bits per heavy atom. The van der Waals surface area contributed by atoms with E-state index in [9.17, 15) is 19.4 Å². The third-order valence-electron chi connectivity index (χ3n) is 4.55. The number of hydrogen-bond donors (Lipinski definition) is 3. The van der Waals surface area contributed by atoms with E-state index in [-0.39, 0.29) is 29.9 Å². The summed E-state index contributed by atoms with van der Waals surface area (Å²) in [6, 6.07) is 3.35. The van der Waals surface area contributed by atoms with Crippen molar-refractivity contribution in [3.8, 4) is 5.75 Å². The maximum absolute atomic E-state index is 13.7. The number of benzene rings is 1. The highest BCUT2D eigenvalue weighted by Gasteiger charge is 2.35. The Balaban J connectivity index is 1.60.